The minimum atomic E-state index is -0.457. The fourth-order valence-electron chi connectivity index (χ4n) is 0.480. The van der Waals surface area contributed by atoms with E-state index in [1.807, 2.05) is 0 Å². The van der Waals surface area contributed by atoms with E-state index in [1.54, 1.807) is 6.92 Å². The topological polar surface area (TPSA) is 19.9 Å². The number of rotatable bonds is 4. The molecular formula is C8H17OS. The van der Waals surface area contributed by atoms with Gasteiger partial charge in [0, 0.05) is 0 Å². The lowest BCUT2D eigenvalue weighted by atomic mass is 10.0. The summed E-state index contributed by atoms with van der Waals surface area (Å²) in [7, 11) is 0. The predicted octanol–water partition coefficient (Wildman–Crippen LogP) is 2.79. The highest BCUT2D eigenvalue weighted by Gasteiger charge is 2.08. The molecule has 0 fully saturated rings. The third-order valence-corrected chi connectivity index (χ3v) is 2.92. The molecule has 0 spiro atoms. The molecule has 10 heavy (non-hydrogen) atoms. The van der Waals surface area contributed by atoms with Gasteiger partial charge >= 0.3 is 0 Å². The maximum absolute atomic E-state index is 10.6. The van der Waals surface area contributed by atoms with Crippen LogP contribution in [0.25, 0.3) is 0 Å². The van der Waals surface area contributed by atoms with Crippen LogP contribution >= 0.6 is 11.8 Å². The van der Waals surface area contributed by atoms with Crippen molar-refractivity contribution < 1.29 is 5.11 Å². The zero-order valence-electron chi connectivity index (χ0n) is 7.26. The van der Waals surface area contributed by atoms with Gasteiger partial charge in [0.2, 0.25) is 0 Å². The van der Waals surface area contributed by atoms with Gasteiger partial charge in [0.15, 0.2) is 0 Å². The van der Waals surface area contributed by atoms with Crippen LogP contribution in [0.3, 0.4) is 0 Å². The van der Waals surface area contributed by atoms with E-state index >= 15 is 0 Å². The van der Waals surface area contributed by atoms with Crippen molar-refractivity contribution in [2.24, 2.45) is 11.8 Å². The highest BCUT2D eigenvalue weighted by molar-refractivity contribution is 7.99. The van der Waals surface area contributed by atoms with Crippen molar-refractivity contribution in [1.29, 1.82) is 0 Å². The summed E-state index contributed by atoms with van der Waals surface area (Å²) < 4.78 is 0. The molecule has 0 saturated heterocycles. The summed E-state index contributed by atoms with van der Waals surface area (Å²) in [5.41, 5.74) is -0.457. The lowest BCUT2D eigenvalue weighted by molar-refractivity contribution is 0.180. The van der Waals surface area contributed by atoms with Gasteiger partial charge in [-0.15, -0.1) is 11.8 Å². The first-order valence-corrected chi connectivity index (χ1v) is 4.86. The maximum Gasteiger partial charge on any atom is 0.136 e. The van der Waals surface area contributed by atoms with Crippen molar-refractivity contribution >= 4 is 11.8 Å². The van der Waals surface area contributed by atoms with Gasteiger partial charge in [-0.3, -0.25) is 0 Å². The van der Waals surface area contributed by atoms with E-state index in [2.05, 4.69) is 20.8 Å². The van der Waals surface area contributed by atoms with Crippen LogP contribution in [0.2, 0.25) is 0 Å². The van der Waals surface area contributed by atoms with E-state index in [0.717, 1.165) is 5.75 Å². The summed E-state index contributed by atoms with van der Waals surface area (Å²) in [6.45, 7) is 8.29. The fraction of sp³-hybridized carbons (Fsp3) is 1.00. The molecule has 0 aliphatic carbocycles. The summed E-state index contributed by atoms with van der Waals surface area (Å²) >= 11 is 1.51. The van der Waals surface area contributed by atoms with Gasteiger partial charge < -0.3 is 0 Å². The molecule has 0 heterocycles. The van der Waals surface area contributed by atoms with Gasteiger partial charge in [0.05, 0.1) is 0 Å². The third-order valence-electron chi connectivity index (χ3n) is 1.73. The van der Waals surface area contributed by atoms with E-state index in [-0.39, 0.29) is 0 Å². The average molecular weight is 161 g/mol. The fourth-order valence-corrected chi connectivity index (χ4v) is 1.44. The minimum absolute atomic E-state index is 0.457. The molecule has 2 atom stereocenters. The van der Waals surface area contributed by atoms with E-state index in [1.165, 1.54) is 11.8 Å². The second-order valence-electron chi connectivity index (χ2n) is 3.12. The SMILES string of the molecule is CC([O])SCC(C)C(C)C. The first-order valence-electron chi connectivity index (χ1n) is 3.81. The Morgan fingerprint density at radius 2 is 1.70 bits per heavy atom. The molecule has 0 N–H and O–H groups in total. The van der Waals surface area contributed by atoms with Gasteiger partial charge in [-0.2, -0.15) is 0 Å². The van der Waals surface area contributed by atoms with Crippen molar-refractivity contribution in [1.82, 2.24) is 0 Å². The van der Waals surface area contributed by atoms with Gasteiger partial charge in [-0.1, -0.05) is 20.8 Å². The Labute approximate surface area is 68.2 Å². The summed E-state index contributed by atoms with van der Waals surface area (Å²) in [6.07, 6.45) is 0. The van der Waals surface area contributed by atoms with Gasteiger partial charge in [-0.05, 0) is 24.5 Å². The molecule has 1 nitrogen and oxygen atoms in total. The van der Waals surface area contributed by atoms with Crippen LogP contribution in [0.5, 0.6) is 0 Å². The molecule has 0 rings (SSSR count). The smallest absolute Gasteiger partial charge is 0.136 e. The van der Waals surface area contributed by atoms with Crippen LogP contribution in [0.4, 0.5) is 0 Å². The van der Waals surface area contributed by atoms with Crippen molar-refractivity contribution in [2.45, 2.75) is 33.1 Å². The molecular weight excluding hydrogens is 144 g/mol. The summed E-state index contributed by atoms with van der Waals surface area (Å²) in [4.78, 5) is 0. The first-order chi connectivity index (χ1) is 4.54. The molecule has 0 aromatic carbocycles. The molecule has 0 aliphatic rings. The Morgan fingerprint density at radius 1 is 1.20 bits per heavy atom. The van der Waals surface area contributed by atoms with Crippen LogP contribution in [0.15, 0.2) is 0 Å². The van der Waals surface area contributed by atoms with E-state index < -0.39 is 5.44 Å². The number of hydrogen-bond donors (Lipinski definition) is 0. The van der Waals surface area contributed by atoms with Crippen molar-refractivity contribution in [3.05, 3.63) is 0 Å². The monoisotopic (exact) mass is 161 g/mol. The Hall–Kier alpha value is 0.310. The predicted molar refractivity (Wildman–Crippen MR) is 46.6 cm³/mol. The normalized spacial score (nSPS) is 17.4. The van der Waals surface area contributed by atoms with Crippen LogP contribution in [0, 0.1) is 11.8 Å². The van der Waals surface area contributed by atoms with Crippen molar-refractivity contribution in [3.63, 3.8) is 0 Å². The zero-order chi connectivity index (χ0) is 8.15. The van der Waals surface area contributed by atoms with Crippen LogP contribution in [-0.2, 0) is 5.11 Å². The molecule has 2 heteroatoms. The lowest BCUT2D eigenvalue weighted by Crippen LogP contribution is -2.08. The number of hydrogen-bond acceptors (Lipinski definition) is 1. The lowest BCUT2D eigenvalue weighted by Gasteiger charge is -2.14. The van der Waals surface area contributed by atoms with Crippen LogP contribution in [-0.4, -0.2) is 11.2 Å². The standard InChI is InChI=1S/C8H17OS/c1-6(2)7(3)5-10-8(4)9/h6-8H,5H2,1-4H3. The Morgan fingerprint density at radius 3 is 2.00 bits per heavy atom. The van der Waals surface area contributed by atoms with Gasteiger partial charge in [0.25, 0.3) is 0 Å². The summed E-state index contributed by atoms with van der Waals surface area (Å²) in [5.74, 6) is 2.37. The molecule has 0 bridgehead atoms. The first kappa shape index (κ1) is 10.3. The highest BCUT2D eigenvalue weighted by Crippen LogP contribution is 2.18. The second-order valence-corrected chi connectivity index (χ2v) is 4.45. The summed E-state index contributed by atoms with van der Waals surface area (Å²) in [6, 6.07) is 0. The van der Waals surface area contributed by atoms with Crippen molar-refractivity contribution in [3.8, 4) is 0 Å². The molecule has 0 aliphatic heterocycles. The molecule has 61 valence electrons. The highest BCUT2D eigenvalue weighted by atomic mass is 32.2. The van der Waals surface area contributed by atoms with Crippen LogP contribution < -0.4 is 0 Å². The molecule has 0 saturated carbocycles. The third kappa shape index (κ3) is 5.12. The molecule has 0 aromatic rings. The molecule has 0 aromatic heterocycles. The molecule has 2 unspecified atom stereocenters. The molecule has 1 radical (unpaired) electrons. The van der Waals surface area contributed by atoms with E-state index in [9.17, 15) is 5.11 Å². The average Bonchev–Trinajstić information content (AvgIpc) is 1.82. The zero-order valence-corrected chi connectivity index (χ0v) is 8.07. The van der Waals surface area contributed by atoms with E-state index in [4.69, 9.17) is 0 Å². The maximum atomic E-state index is 10.6. The van der Waals surface area contributed by atoms with E-state index in [0.29, 0.717) is 11.8 Å². The Kier molecular flexibility index (Phi) is 5.18. The van der Waals surface area contributed by atoms with Crippen LogP contribution in [0.1, 0.15) is 27.7 Å². The van der Waals surface area contributed by atoms with Crippen molar-refractivity contribution in [2.75, 3.05) is 5.75 Å². The van der Waals surface area contributed by atoms with Gasteiger partial charge in [-0.25, -0.2) is 5.11 Å². The van der Waals surface area contributed by atoms with Gasteiger partial charge in [0.1, 0.15) is 5.44 Å². The Balaban J connectivity index is 3.30. The number of thioether (sulfide) groups is 1. The summed E-state index contributed by atoms with van der Waals surface area (Å²) in [5, 5.41) is 10.6. The molecule has 0 amide bonds. The quantitative estimate of drug-likeness (QED) is 0.580. The Bertz CT molecular complexity index is 81.3. The second kappa shape index (κ2) is 5.03. The largest absolute Gasteiger partial charge is 0.222 e. The minimum Gasteiger partial charge on any atom is -0.222 e.